The van der Waals surface area contributed by atoms with Gasteiger partial charge in [-0.15, -0.1) is 0 Å². The van der Waals surface area contributed by atoms with Crippen molar-refractivity contribution in [3.8, 4) is 0 Å². The molecule has 196 valence electrons. The molecule has 0 saturated heterocycles. The summed E-state index contributed by atoms with van der Waals surface area (Å²) in [5, 5.41) is 0.0328. The van der Waals surface area contributed by atoms with Gasteiger partial charge >= 0.3 is 5.97 Å². The Balaban J connectivity index is 3.25. The van der Waals surface area contributed by atoms with Crippen LogP contribution in [-0.4, -0.2) is 69.6 Å². The van der Waals surface area contributed by atoms with Crippen molar-refractivity contribution in [3.05, 3.63) is 0 Å². The average molecular weight is 531 g/mol. The van der Waals surface area contributed by atoms with Crippen LogP contribution in [0.15, 0.2) is 0 Å². The summed E-state index contributed by atoms with van der Waals surface area (Å²) in [5.74, 6) is -2.37. The highest BCUT2D eigenvalue weighted by Gasteiger charge is 2.47. The van der Waals surface area contributed by atoms with E-state index in [2.05, 4.69) is 33.9 Å². The van der Waals surface area contributed by atoms with Crippen LogP contribution < -0.4 is 0 Å². The van der Waals surface area contributed by atoms with E-state index in [0.29, 0.717) is 19.3 Å². The molecule has 5 atom stereocenters. The van der Waals surface area contributed by atoms with E-state index in [1.807, 2.05) is 0 Å². The molecule has 0 N–H and O–H groups in total. The van der Waals surface area contributed by atoms with Gasteiger partial charge in [-0.3, -0.25) is 13.2 Å². The van der Waals surface area contributed by atoms with Crippen molar-refractivity contribution in [1.82, 2.24) is 0 Å². The first-order chi connectivity index (χ1) is 14.8. The van der Waals surface area contributed by atoms with Gasteiger partial charge in [0.15, 0.2) is 8.32 Å². The Kier molecular flexibility index (Phi) is 10.6. The van der Waals surface area contributed by atoms with Crippen molar-refractivity contribution < 1.29 is 39.2 Å². The zero-order chi connectivity index (χ0) is 25.8. The first-order valence-corrected chi connectivity index (χ1v) is 17.8. The van der Waals surface area contributed by atoms with Crippen LogP contribution in [0.4, 0.5) is 0 Å². The Morgan fingerprint density at radius 2 is 1.64 bits per heavy atom. The summed E-state index contributed by atoms with van der Waals surface area (Å²) in [6.45, 7) is 12.3. The van der Waals surface area contributed by atoms with E-state index in [1.165, 1.54) is 7.11 Å². The zero-order valence-corrected chi connectivity index (χ0v) is 24.0. The van der Waals surface area contributed by atoms with E-state index < -0.39 is 52.5 Å². The SMILES string of the molecule is CC[C@H](COS(C)(=O)=O)C(OS(C)(=O)=O)C(C(=O)OC)[C@H]1CC[C@@H](O[Si](C)(C)C(C)(C)C)C1. The Labute approximate surface area is 201 Å². The molecule has 0 amide bonds. The average Bonchev–Trinajstić information content (AvgIpc) is 3.06. The van der Waals surface area contributed by atoms with Crippen molar-refractivity contribution in [2.24, 2.45) is 17.8 Å². The Morgan fingerprint density at radius 1 is 1.06 bits per heavy atom. The summed E-state index contributed by atoms with van der Waals surface area (Å²) in [6.07, 6.45) is 2.98. The van der Waals surface area contributed by atoms with E-state index in [0.717, 1.165) is 18.9 Å². The fourth-order valence-electron chi connectivity index (χ4n) is 4.02. The van der Waals surface area contributed by atoms with Crippen LogP contribution in [0.25, 0.3) is 0 Å². The lowest BCUT2D eigenvalue weighted by molar-refractivity contribution is -0.153. The predicted octanol–water partition coefficient (Wildman–Crippen LogP) is 3.31. The van der Waals surface area contributed by atoms with E-state index in [4.69, 9.17) is 17.5 Å². The van der Waals surface area contributed by atoms with Crippen LogP contribution in [0.3, 0.4) is 0 Å². The van der Waals surface area contributed by atoms with Crippen LogP contribution >= 0.6 is 0 Å². The third kappa shape index (κ3) is 9.56. The Hall–Kier alpha value is -0.533. The lowest BCUT2D eigenvalue weighted by Crippen LogP contribution is -2.45. The zero-order valence-electron chi connectivity index (χ0n) is 21.4. The standard InChI is InChI=1S/C21H42O9S2Si/c1-10-15(14-28-31(6,23)24)19(29-32(7,25)26)18(20(22)27-5)16-11-12-17(13-16)30-33(8,9)21(2,3)4/h15-19H,10-14H2,1-9H3/t15-,16+,17-,18?,19?/m1/s1. The van der Waals surface area contributed by atoms with Gasteiger partial charge in [0.25, 0.3) is 20.2 Å². The summed E-state index contributed by atoms with van der Waals surface area (Å²) in [7, 11) is -8.48. The quantitative estimate of drug-likeness (QED) is 0.212. The monoisotopic (exact) mass is 530 g/mol. The third-order valence-corrected chi connectivity index (χ3v) is 12.5. The highest BCUT2D eigenvalue weighted by molar-refractivity contribution is 7.86. The normalized spacial score (nSPS) is 23.2. The van der Waals surface area contributed by atoms with Gasteiger partial charge in [0.1, 0.15) is 0 Å². The second kappa shape index (κ2) is 11.5. The number of esters is 1. The minimum absolute atomic E-state index is 0.0328. The molecule has 0 aromatic carbocycles. The van der Waals surface area contributed by atoms with Crippen LogP contribution in [0.1, 0.15) is 53.4 Å². The van der Waals surface area contributed by atoms with Gasteiger partial charge in [-0.25, -0.2) is 0 Å². The topological polar surface area (TPSA) is 122 Å². The largest absolute Gasteiger partial charge is 0.469 e. The molecular weight excluding hydrogens is 488 g/mol. The maximum atomic E-state index is 12.9. The summed E-state index contributed by atoms with van der Waals surface area (Å²) < 4.78 is 69.2. The molecule has 12 heteroatoms. The van der Waals surface area contributed by atoms with Gasteiger partial charge in [0.2, 0.25) is 0 Å². The molecule has 0 aromatic rings. The second-order valence-electron chi connectivity index (χ2n) is 10.5. The molecule has 0 bridgehead atoms. The minimum atomic E-state index is -3.95. The highest BCUT2D eigenvalue weighted by Crippen LogP contribution is 2.43. The minimum Gasteiger partial charge on any atom is -0.469 e. The van der Waals surface area contributed by atoms with Gasteiger partial charge < -0.3 is 9.16 Å². The number of carbonyl (C=O) groups excluding carboxylic acids is 1. The maximum Gasteiger partial charge on any atom is 0.311 e. The van der Waals surface area contributed by atoms with Gasteiger partial charge in [0.05, 0.1) is 38.3 Å². The molecule has 0 radical (unpaired) electrons. The smallest absolute Gasteiger partial charge is 0.311 e. The molecule has 9 nitrogen and oxygen atoms in total. The van der Waals surface area contributed by atoms with E-state index in [9.17, 15) is 21.6 Å². The number of hydrogen-bond donors (Lipinski definition) is 0. The van der Waals surface area contributed by atoms with Crippen LogP contribution in [0.2, 0.25) is 18.1 Å². The van der Waals surface area contributed by atoms with Gasteiger partial charge in [-0.05, 0) is 49.7 Å². The van der Waals surface area contributed by atoms with E-state index >= 15 is 0 Å². The first kappa shape index (κ1) is 30.5. The second-order valence-corrected chi connectivity index (χ2v) is 18.5. The number of methoxy groups -OCH3 is 1. The molecule has 2 unspecified atom stereocenters. The number of rotatable bonds is 12. The Morgan fingerprint density at radius 3 is 2.06 bits per heavy atom. The predicted molar refractivity (Wildman–Crippen MR) is 129 cm³/mol. The summed E-state index contributed by atoms with van der Waals surface area (Å²) in [4.78, 5) is 12.9. The highest BCUT2D eigenvalue weighted by atomic mass is 32.2. The van der Waals surface area contributed by atoms with Crippen LogP contribution in [0, 0.1) is 17.8 Å². The molecule has 1 rings (SSSR count). The molecule has 33 heavy (non-hydrogen) atoms. The molecular formula is C21H42O9S2Si. The van der Waals surface area contributed by atoms with E-state index in [-0.39, 0.29) is 23.7 Å². The summed E-state index contributed by atoms with van der Waals surface area (Å²) in [6, 6.07) is 0. The molecule has 1 saturated carbocycles. The lowest BCUT2D eigenvalue weighted by atomic mass is 9.80. The number of hydrogen-bond acceptors (Lipinski definition) is 9. The molecule has 1 aliphatic carbocycles. The third-order valence-electron chi connectivity index (χ3n) is 6.80. The molecule has 0 spiro atoms. The number of ether oxygens (including phenoxy) is 1. The van der Waals surface area contributed by atoms with Crippen molar-refractivity contribution in [2.75, 3.05) is 26.2 Å². The van der Waals surface area contributed by atoms with Crippen molar-refractivity contribution in [1.29, 1.82) is 0 Å². The van der Waals surface area contributed by atoms with Crippen molar-refractivity contribution in [3.63, 3.8) is 0 Å². The van der Waals surface area contributed by atoms with E-state index in [1.54, 1.807) is 6.92 Å². The molecule has 0 heterocycles. The lowest BCUT2D eigenvalue weighted by Gasteiger charge is -2.39. The van der Waals surface area contributed by atoms with Crippen molar-refractivity contribution in [2.45, 2.75) is 83.7 Å². The van der Waals surface area contributed by atoms with Crippen molar-refractivity contribution >= 4 is 34.5 Å². The fourth-order valence-corrected chi connectivity index (χ4v) is 6.52. The van der Waals surface area contributed by atoms with Crippen LogP contribution in [0.5, 0.6) is 0 Å². The van der Waals surface area contributed by atoms with Gasteiger partial charge in [-0.2, -0.15) is 16.8 Å². The summed E-state index contributed by atoms with van der Waals surface area (Å²) in [5.41, 5.74) is 0. The maximum absolute atomic E-state index is 12.9. The number of carbonyl (C=O) groups is 1. The van der Waals surface area contributed by atoms with Crippen LogP contribution in [-0.2, 0) is 42.6 Å². The molecule has 1 aliphatic rings. The summed E-state index contributed by atoms with van der Waals surface area (Å²) >= 11 is 0. The molecule has 0 aromatic heterocycles. The van der Waals surface area contributed by atoms with Gasteiger partial charge in [0, 0.05) is 12.0 Å². The fraction of sp³-hybridized carbons (Fsp3) is 0.952. The van der Waals surface area contributed by atoms with Gasteiger partial charge in [-0.1, -0.05) is 27.7 Å². The molecule has 1 fully saturated rings. The first-order valence-electron chi connectivity index (χ1n) is 11.3. The Bertz CT molecular complexity index is 863. The molecule has 0 aliphatic heterocycles.